The van der Waals surface area contributed by atoms with Gasteiger partial charge < -0.3 is 15.2 Å². The highest BCUT2D eigenvalue weighted by molar-refractivity contribution is 6.21. The van der Waals surface area contributed by atoms with Crippen LogP contribution in [0.5, 0.6) is 0 Å². The highest BCUT2D eigenvalue weighted by Crippen LogP contribution is 2.27. The molecule has 124 valence electrons. The van der Waals surface area contributed by atoms with E-state index in [1.54, 1.807) is 18.2 Å². The second-order valence-corrected chi connectivity index (χ2v) is 6.11. The molecule has 1 aromatic rings. The lowest BCUT2D eigenvalue weighted by Crippen LogP contribution is -2.36. The summed E-state index contributed by atoms with van der Waals surface area (Å²) in [5, 5.41) is 12.5. The Morgan fingerprint density at radius 1 is 1.35 bits per heavy atom. The van der Waals surface area contributed by atoms with Crippen LogP contribution in [0.15, 0.2) is 18.2 Å². The van der Waals surface area contributed by atoms with Crippen molar-refractivity contribution in [3.05, 3.63) is 29.3 Å². The third-order valence-corrected chi connectivity index (χ3v) is 4.46. The molecule has 7 heteroatoms. The minimum absolute atomic E-state index is 0.0614. The average molecular weight is 339 g/mol. The SMILES string of the molecule is O=C1c2ccc(NCC(O)CCl)cc2C(=O)N1CC1CCCO1. The molecule has 1 saturated heterocycles. The largest absolute Gasteiger partial charge is 0.390 e. The van der Waals surface area contributed by atoms with Crippen molar-refractivity contribution in [2.24, 2.45) is 0 Å². The molecule has 2 atom stereocenters. The van der Waals surface area contributed by atoms with E-state index in [1.165, 1.54) is 4.90 Å². The number of nitrogens with one attached hydrogen (secondary N) is 1. The van der Waals surface area contributed by atoms with Crippen LogP contribution in [-0.4, -0.2) is 59.6 Å². The Kier molecular flexibility index (Phi) is 4.84. The van der Waals surface area contributed by atoms with Crippen LogP contribution in [-0.2, 0) is 4.74 Å². The van der Waals surface area contributed by atoms with Crippen LogP contribution in [0.1, 0.15) is 33.6 Å². The van der Waals surface area contributed by atoms with E-state index in [0.717, 1.165) is 12.8 Å². The number of carbonyl (C=O) groups is 2. The van der Waals surface area contributed by atoms with Gasteiger partial charge in [0.2, 0.25) is 0 Å². The normalized spacial score (nSPS) is 21.7. The van der Waals surface area contributed by atoms with E-state index in [0.29, 0.717) is 30.0 Å². The number of ether oxygens (including phenoxy) is 1. The van der Waals surface area contributed by atoms with Gasteiger partial charge in [-0.2, -0.15) is 0 Å². The van der Waals surface area contributed by atoms with Crippen molar-refractivity contribution < 1.29 is 19.4 Å². The van der Waals surface area contributed by atoms with Gasteiger partial charge in [0.25, 0.3) is 11.8 Å². The van der Waals surface area contributed by atoms with Gasteiger partial charge in [0, 0.05) is 18.8 Å². The number of fused-ring (bicyclic) bond motifs is 1. The number of aliphatic hydroxyl groups excluding tert-OH is 1. The van der Waals surface area contributed by atoms with E-state index in [9.17, 15) is 14.7 Å². The molecule has 23 heavy (non-hydrogen) atoms. The summed E-state index contributed by atoms with van der Waals surface area (Å²) in [6.07, 6.45) is 1.10. The van der Waals surface area contributed by atoms with Gasteiger partial charge in [-0.25, -0.2) is 0 Å². The number of carbonyl (C=O) groups excluding carboxylic acids is 2. The van der Waals surface area contributed by atoms with Crippen molar-refractivity contribution >= 4 is 29.1 Å². The van der Waals surface area contributed by atoms with Gasteiger partial charge in [-0.3, -0.25) is 14.5 Å². The second kappa shape index (κ2) is 6.86. The molecule has 3 rings (SSSR count). The lowest BCUT2D eigenvalue weighted by atomic mass is 10.1. The fourth-order valence-corrected chi connectivity index (χ4v) is 2.96. The maximum absolute atomic E-state index is 12.5. The Morgan fingerprint density at radius 3 is 2.83 bits per heavy atom. The fourth-order valence-electron chi connectivity index (χ4n) is 2.85. The zero-order chi connectivity index (χ0) is 16.4. The van der Waals surface area contributed by atoms with Crippen molar-refractivity contribution in [3.8, 4) is 0 Å². The van der Waals surface area contributed by atoms with E-state index in [-0.39, 0.29) is 30.3 Å². The van der Waals surface area contributed by atoms with Crippen molar-refractivity contribution in [1.29, 1.82) is 0 Å². The first-order chi connectivity index (χ1) is 11.1. The number of halogens is 1. The first-order valence-electron chi connectivity index (χ1n) is 7.70. The van der Waals surface area contributed by atoms with Crippen molar-refractivity contribution in [3.63, 3.8) is 0 Å². The van der Waals surface area contributed by atoms with Crippen molar-refractivity contribution in [2.45, 2.75) is 25.0 Å². The van der Waals surface area contributed by atoms with E-state index < -0.39 is 6.10 Å². The van der Waals surface area contributed by atoms with Gasteiger partial charge in [-0.05, 0) is 31.0 Å². The molecule has 1 aromatic carbocycles. The number of imide groups is 1. The first-order valence-corrected chi connectivity index (χ1v) is 8.23. The average Bonchev–Trinajstić information content (AvgIpc) is 3.16. The number of amides is 2. The van der Waals surface area contributed by atoms with Gasteiger partial charge in [0.05, 0.1) is 35.8 Å². The Morgan fingerprint density at radius 2 is 2.13 bits per heavy atom. The van der Waals surface area contributed by atoms with Crippen LogP contribution in [0.2, 0.25) is 0 Å². The minimum Gasteiger partial charge on any atom is -0.390 e. The minimum atomic E-state index is -0.668. The van der Waals surface area contributed by atoms with Crippen LogP contribution >= 0.6 is 11.6 Å². The number of rotatable bonds is 6. The predicted octanol–water partition coefficient (Wildman–Crippen LogP) is 1.47. The summed E-state index contributed by atoms with van der Waals surface area (Å²) in [5.41, 5.74) is 1.47. The van der Waals surface area contributed by atoms with Crippen LogP contribution in [0.4, 0.5) is 5.69 Å². The summed E-state index contributed by atoms with van der Waals surface area (Å²) < 4.78 is 5.51. The van der Waals surface area contributed by atoms with E-state index in [4.69, 9.17) is 16.3 Å². The molecule has 2 amide bonds. The number of hydrogen-bond donors (Lipinski definition) is 2. The molecule has 0 radical (unpaired) electrons. The zero-order valence-electron chi connectivity index (χ0n) is 12.6. The summed E-state index contributed by atoms with van der Waals surface area (Å²) >= 11 is 5.55. The van der Waals surface area contributed by atoms with Gasteiger partial charge in [0.15, 0.2) is 0 Å². The molecule has 2 aliphatic heterocycles. The van der Waals surface area contributed by atoms with Gasteiger partial charge in [0.1, 0.15) is 0 Å². The van der Waals surface area contributed by atoms with Crippen LogP contribution in [0, 0.1) is 0 Å². The van der Waals surface area contributed by atoms with E-state index >= 15 is 0 Å². The standard InChI is InChI=1S/C16H19ClN2O4/c17-7-11(20)8-18-10-3-4-13-14(6-10)16(22)19(15(13)21)9-12-2-1-5-23-12/h3-4,6,11-12,18,20H,1-2,5,7-9H2. The topological polar surface area (TPSA) is 78.9 Å². The molecule has 0 bridgehead atoms. The number of alkyl halides is 1. The summed E-state index contributed by atoms with van der Waals surface area (Å²) in [5.74, 6) is -0.431. The summed E-state index contributed by atoms with van der Waals surface area (Å²) in [6.45, 7) is 1.27. The van der Waals surface area contributed by atoms with Crippen molar-refractivity contribution in [1.82, 2.24) is 4.90 Å². The molecule has 2 N–H and O–H groups in total. The lowest BCUT2D eigenvalue weighted by molar-refractivity contribution is 0.0475. The fraction of sp³-hybridized carbons (Fsp3) is 0.500. The first kappa shape index (κ1) is 16.2. The summed E-state index contributed by atoms with van der Waals surface area (Å²) in [4.78, 5) is 26.1. The van der Waals surface area contributed by atoms with Crippen molar-refractivity contribution in [2.75, 3.05) is 30.9 Å². The quantitative estimate of drug-likeness (QED) is 0.606. The predicted molar refractivity (Wildman–Crippen MR) is 86.0 cm³/mol. The third-order valence-electron chi connectivity index (χ3n) is 4.10. The van der Waals surface area contributed by atoms with Crippen LogP contribution in [0.3, 0.4) is 0 Å². The molecule has 0 aromatic heterocycles. The summed E-state index contributed by atoms with van der Waals surface area (Å²) in [7, 11) is 0. The van der Waals surface area contributed by atoms with Crippen LogP contribution < -0.4 is 5.32 Å². The van der Waals surface area contributed by atoms with E-state index in [2.05, 4.69) is 5.32 Å². The molecule has 0 saturated carbocycles. The Bertz CT molecular complexity index is 616. The molecule has 0 spiro atoms. The molecule has 2 heterocycles. The molecule has 2 aliphatic rings. The van der Waals surface area contributed by atoms with Crippen LogP contribution in [0.25, 0.3) is 0 Å². The third kappa shape index (κ3) is 3.34. The molecule has 0 aliphatic carbocycles. The highest BCUT2D eigenvalue weighted by atomic mass is 35.5. The number of anilines is 1. The monoisotopic (exact) mass is 338 g/mol. The Labute approximate surface area is 139 Å². The van der Waals surface area contributed by atoms with E-state index in [1.807, 2.05) is 0 Å². The molecule has 6 nitrogen and oxygen atoms in total. The molecular formula is C16H19ClN2O4. The number of hydrogen-bond acceptors (Lipinski definition) is 5. The second-order valence-electron chi connectivity index (χ2n) is 5.81. The smallest absolute Gasteiger partial charge is 0.261 e. The number of benzene rings is 1. The maximum Gasteiger partial charge on any atom is 0.261 e. The summed E-state index contributed by atoms with van der Waals surface area (Å²) in [6, 6.07) is 5.01. The number of aliphatic hydroxyl groups is 1. The van der Waals surface area contributed by atoms with Gasteiger partial charge in [-0.1, -0.05) is 0 Å². The Hall–Kier alpha value is -1.63. The molecular weight excluding hydrogens is 320 g/mol. The maximum atomic E-state index is 12.5. The van der Waals surface area contributed by atoms with Gasteiger partial charge in [-0.15, -0.1) is 11.6 Å². The molecule has 2 unspecified atom stereocenters. The molecule has 1 fully saturated rings. The number of nitrogens with zero attached hydrogens (tertiary/aromatic N) is 1. The highest BCUT2D eigenvalue weighted by Gasteiger charge is 2.37. The van der Waals surface area contributed by atoms with Gasteiger partial charge >= 0.3 is 0 Å². The Balaban J connectivity index is 1.73. The lowest BCUT2D eigenvalue weighted by Gasteiger charge is -2.17. The zero-order valence-corrected chi connectivity index (χ0v) is 13.4.